The second-order valence-electron chi connectivity index (χ2n) is 9.02. The summed E-state index contributed by atoms with van der Waals surface area (Å²) in [4.78, 5) is 12.6. The summed E-state index contributed by atoms with van der Waals surface area (Å²) >= 11 is 0. The molecule has 2 aromatic carbocycles. The first kappa shape index (κ1) is 20.6. The van der Waals surface area contributed by atoms with Gasteiger partial charge in [0.2, 0.25) is 0 Å². The van der Waals surface area contributed by atoms with E-state index in [1.165, 1.54) is 49.8 Å². The molecule has 4 nitrogen and oxygen atoms in total. The largest absolute Gasteiger partial charge is 0.488 e. The number of carbonyl (C=O) groups excluding carboxylic acids is 1. The van der Waals surface area contributed by atoms with Crippen molar-refractivity contribution >= 4 is 17.7 Å². The zero-order chi connectivity index (χ0) is 21.1. The highest BCUT2D eigenvalue weighted by Gasteiger charge is 2.29. The van der Waals surface area contributed by atoms with Crippen molar-refractivity contribution in [3.63, 3.8) is 0 Å². The smallest absolute Gasteiger partial charge is 0.255 e. The number of ether oxygens (including phenoxy) is 1. The molecule has 1 aliphatic carbocycles. The molecule has 1 heterocycles. The molecule has 4 rings (SSSR count). The van der Waals surface area contributed by atoms with Crippen molar-refractivity contribution in [1.82, 2.24) is 0 Å². The van der Waals surface area contributed by atoms with Gasteiger partial charge in [-0.25, -0.2) is 4.39 Å². The molecule has 1 fully saturated rings. The molecule has 1 N–H and O–H groups in total. The van der Waals surface area contributed by atoms with Gasteiger partial charge in [0, 0.05) is 16.8 Å². The highest BCUT2D eigenvalue weighted by atomic mass is 19.1. The van der Waals surface area contributed by atoms with Crippen LogP contribution >= 0.6 is 0 Å². The molecule has 1 aliphatic heterocycles. The van der Waals surface area contributed by atoms with Crippen LogP contribution in [0.1, 0.15) is 43.2 Å². The molecule has 30 heavy (non-hydrogen) atoms. The number of halogens is 1. The highest BCUT2D eigenvalue weighted by molar-refractivity contribution is 6.07. The molecule has 0 spiro atoms. The van der Waals surface area contributed by atoms with Crippen LogP contribution in [0, 0.1) is 5.82 Å². The van der Waals surface area contributed by atoms with Gasteiger partial charge in [0.25, 0.3) is 5.91 Å². The number of hydrogen-bond donors (Lipinski definition) is 1. The Morgan fingerprint density at radius 3 is 2.57 bits per heavy atom. The lowest BCUT2D eigenvalue weighted by atomic mass is 9.92. The Balaban J connectivity index is 1.39. The molecular weight excluding hydrogens is 379 g/mol. The molecule has 0 aromatic heterocycles. The van der Waals surface area contributed by atoms with Gasteiger partial charge in [-0.3, -0.25) is 4.79 Å². The Morgan fingerprint density at radius 1 is 1.10 bits per heavy atom. The van der Waals surface area contributed by atoms with E-state index in [1.54, 1.807) is 12.1 Å². The lowest BCUT2D eigenvalue weighted by Crippen LogP contribution is -2.48. The lowest BCUT2D eigenvalue weighted by molar-refractivity contribution is -0.929. The van der Waals surface area contributed by atoms with E-state index in [4.69, 9.17) is 4.74 Å². The zero-order valence-corrected chi connectivity index (χ0v) is 17.8. The summed E-state index contributed by atoms with van der Waals surface area (Å²) in [7, 11) is 4.64. The van der Waals surface area contributed by atoms with Gasteiger partial charge in [-0.05, 0) is 62.1 Å². The van der Waals surface area contributed by atoms with Gasteiger partial charge in [-0.1, -0.05) is 18.6 Å². The number of amides is 1. The van der Waals surface area contributed by atoms with E-state index in [2.05, 4.69) is 31.5 Å². The van der Waals surface area contributed by atoms with E-state index in [0.29, 0.717) is 16.9 Å². The molecular formula is C25H30FN2O2+. The van der Waals surface area contributed by atoms with E-state index in [0.717, 1.165) is 22.8 Å². The van der Waals surface area contributed by atoms with Gasteiger partial charge >= 0.3 is 0 Å². The maximum atomic E-state index is 13.5. The van der Waals surface area contributed by atoms with Crippen LogP contribution in [0.4, 0.5) is 10.1 Å². The molecule has 0 unspecified atom stereocenters. The number of quaternary nitrogens is 1. The summed E-state index contributed by atoms with van der Waals surface area (Å²) in [5.74, 6) is 0.0207. The van der Waals surface area contributed by atoms with Crippen LogP contribution in [0.25, 0.3) is 6.08 Å². The van der Waals surface area contributed by atoms with Crippen molar-refractivity contribution in [3.05, 3.63) is 65.0 Å². The van der Waals surface area contributed by atoms with Crippen molar-refractivity contribution in [2.75, 3.05) is 26.0 Å². The topological polar surface area (TPSA) is 38.3 Å². The van der Waals surface area contributed by atoms with Gasteiger partial charge < -0.3 is 14.5 Å². The maximum Gasteiger partial charge on any atom is 0.255 e. The molecule has 0 saturated heterocycles. The van der Waals surface area contributed by atoms with Crippen molar-refractivity contribution in [1.29, 1.82) is 0 Å². The SMILES string of the molecule is C[N+](C)(Cc1ccc(NC(=O)C2=Cc3cc(F)ccc3OC2)cc1)C1CCCCC1. The Labute approximate surface area is 177 Å². The van der Waals surface area contributed by atoms with Crippen LogP contribution in [0.3, 0.4) is 0 Å². The predicted octanol–water partition coefficient (Wildman–Crippen LogP) is 5.15. The minimum Gasteiger partial charge on any atom is -0.488 e. The second-order valence-corrected chi connectivity index (χ2v) is 9.02. The monoisotopic (exact) mass is 409 g/mol. The number of nitrogens with one attached hydrogen (secondary N) is 1. The van der Waals surface area contributed by atoms with Crippen molar-refractivity contribution < 1.29 is 18.4 Å². The standard InChI is InChI=1S/C25H29FN2O2/c1-28(2,23-6-4-3-5-7-23)16-18-8-11-22(12-9-18)27-25(29)20-14-19-15-21(26)10-13-24(19)30-17-20/h8-15,23H,3-7,16-17H2,1-2H3/p+1. The number of fused-ring (bicyclic) bond motifs is 1. The third-order valence-electron chi connectivity index (χ3n) is 6.34. The Morgan fingerprint density at radius 2 is 1.83 bits per heavy atom. The molecule has 5 heteroatoms. The van der Waals surface area contributed by atoms with Gasteiger partial charge in [0.05, 0.1) is 25.7 Å². The first-order valence-corrected chi connectivity index (χ1v) is 10.8. The highest BCUT2D eigenvalue weighted by Crippen LogP contribution is 2.29. The van der Waals surface area contributed by atoms with Crippen LogP contribution < -0.4 is 10.1 Å². The summed E-state index contributed by atoms with van der Waals surface area (Å²) in [6.45, 7) is 1.16. The normalized spacial score (nSPS) is 17.0. The molecule has 1 saturated carbocycles. The minimum atomic E-state index is -0.347. The predicted molar refractivity (Wildman–Crippen MR) is 118 cm³/mol. The van der Waals surface area contributed by atoms with E-state index < -0.39 is 0 Å². The first-order valence-electron chi connectivity index (χ1n) is 10.8. The fourth-order valence-corrected chi connectivity index (χ4v) is 4.56. The number of benzene rings is 2. The van der Waals surface area contributed by atoms with Crippen molar-refractivity contribution in [2.24, 2.45) is 0 Å². The molecule has 2 aromatic rings. The third-order valence-corrected chi connectivity index (χ3v) is 6.34. The Kier molecular flexibility index (Phi) is 5.91. The van der Waals surface area contributed by atoms with Crippen molar-refractivity contribution in [2.45, 2.75) is 44.7 Å². The number of anilines is 1. The number of hydrogen-bond acceptors (Lipinski definition) is 2. The maximum absolute atomic E-state index is 13.5. The van der Waals surface area contributed by atoms with Gasteiger partial charge in [-0.2, -0.15) is 0 Å². The van der Waals surface area contributed by atoms with E-state index in [9.17, 15) is 9.18 Å². The number of rotatable bonds is 5. The summed E-state index contributed by atoms with van der Waals surface area (Å²) in [5, 5.41) is 2.92. The zero-order valence-electron chi connectivity index (χ0n) is 17.8. The average Bonchev–Trinajstić information content (AvgIpc) is 2.75. The molecule has 0 atom stereocenters. The fraction of sp³-hybridized carbons (Fsp3) is 0.400. The Bertz CT molecular complexity index is 944. The molecule has 0 bridgehead atoms. The van der Waals surface area contributed by atoms with E-state index >= 15 is 0 Å². The van der Waals surface area contributed by atoms with E-state index in [-0.39, 0.29) is 18.3 Å². The van der Waals surface area contributed by atoms with Crippen LogP contribution in [-0.2, 0) is 11.3 Å². The van der Waals surface area contributed by atoms with Gasteiger partial charge in [0.15, 0.2) is 0 Å². The van der Waals surface area contributed by atoms with Crippen LogP contribution in [0.15, 0.2) is 48.0 Å². The summed E-state index contributed by atoms with van der Waals surface area (Å²) in [6, 6.07) is 13.1. The number of carbonyl (C=O) groups is 1. The van der Waals surface area contributed by atoms with Crippen LogP contribution in [0.5, 0.6) is 5.75 Å². The van der Waals surface area contributed by atoms with E-state index in [1.807, 2.05) is 12.1 Å². The minimum absolute atomic E-state index is 0.176. The Hall–Kier alpha value is -2.66. The summed E-state index contributed by atoms with van der Waals surface area (Å²) in [6.07, 6.45) is 8.36. The fourth-order valence-electron chi connectivity index (χ4n) is 4.56. The third kappa shape index (κ3) is 4.73. The quantitative estimate of drug-likeness (QED) is 0.694. The first-order chi connectivity index (χ1) is 14.4. The molecule has 1 amide bonds. The summed E-state index contributed by atoms with van der Waals surface area (Å²) < 4.78 is 20.0. The van der Waals surface area contributed by atoms with Crippen molar-refractivity contribution in [3.8, 4) is 5.75 Å². The number of nitrogens with zero attached hydrogens (tertiary/aromatic N) is 1. The summed E-state index contributed by atoms with van der Waals surface area (Å²) in [5.41, 5.74) is 3.09. The average molecular weight is 410 g/mol. The second kappa shape index (κ2) is 8.60. The van der Waals surface area contributed by atoms with Gasteiger partial charge in [-0.15, -0.1) is 0 Å². The molecule has 0 radical (unpaired) electrons. The molecule has 2 aliphatic rings. The lowest BCUT2D eigenvalue weighted by Gasteiger charge is -2.40. The van der Waals surface area contributed by atoms with Crippen LogP contribution in [0.2, 0.25) is 0 Å². The molecule has 158 valence electrons. The van der Waals surface area contributed by atoms with Crippen LogP contribution in [-0.4, -0.2) is 37.1 Å². The van der Waals surface area contributed by atoms with Gasteiger partial charge in [0.1, 0.15) is 24.7 Å².